The van der Waals surface area contributed by atoms with Crippen molar-refractivity contribution in [1.82, 2.24) is 10.3 Å². The number of carbonyl (C=O) groups is 2. The molecule has 1 aromatic heterocycles. The fourth-order valence-corrected chi connectivity index (χ4v) is 3.14. The van der Waals surface area contributed by atoms with Gasteiger partial charge < -0.3 is 10.2 Å². The molecule has 1 atom stereocenters. The highest BCUT2D eigenvalue weighted by Crippen LogP contribution is 2.31. The molecule has 0 aliphatic carbocycles. The number of nitrogens with zero attached hydrogens (tertiary/aromatic N) is 2. The number of para-hydroxylation sites is 1. The van der Waals surface area contributed by atoms with Crippen LogP contribution >= 0.6 is 15.9 Å². The van der Waals surface area contributed by atoms with Crippen molar-refractivity contribution in [2.45, 2.75) is 13.0 Å². The maximum absolute atomic E-state index is 12.5. The second-order valence-electron chi connectivity index (χ2n) is 5.32. The van der Waals surface area contributed by atoms with E-state index in [1.165, 1.54) is 0 Å². The number of pyridine rings is 1. The third-order valence-corrected chi connectivity index (χ3v) is 4.51. The van der Waals surface area contributed by atoms with E-state index in [2.05, 4.69) is 26.2 Å². The molecule has 1 aliphatic rings. The van der Waals surface area contributed by atoms with Gasteiger partial charge in [-0.1, -0.05) is 18.2 Å². The number of benzene rings is 1. The van der Waals surface area contributed by atoms with E-state index in [1.54, 1.807) is 11.1 Å². The number of hydrogen-bond acceptors (Lipinski definition) is 3. The van der Waals surface area contributed by atoms with Gasteiger partial charge in [0.25, 0.3) is 0 Å². The van der Waals surface area contributed by atoms with Gasteiger partial charge in [-0.2, -0.15) is 0 Å². The van der Waals surface area contributed by atoms with Gasteiger partial charge in [-0.15, -0.1) is 0 Å². The zero-order valence-electron chi connectivity index (χ0n) is 12.4. The SMILES string of the molecule is O=C(NCc1ccccn1)C1CCN(c2ccccc2Br)C1=O. The highest BCUT2D eigenvalue weighted by atomic mass is 79.9. The summed E-state index contributed by atoms with van der Waals surface area (Å²) in [6.07, 6.45) is 2.20. The van der Waals surface area contributed by atoms with Crippen molar-refractivity contribution in [2.75, 3.05) is 11.4 Å². The Bertz CT molecular complexity index is 721. The van der Waals surface area contributed by atoms with Gasteiger partial charge in [0, 0.05) is 17.2 Å². The fourth-order valence-electron chi connectivity index (χ4n) is 2.64. The maximum Gasteiger partial charge on any atom is 0.239 e. The Balaban J connectivity index is 1.65. The van der Waals surface area contributed by atoms with Crippen molar-refractivity contribution < 1.29 is 9.59 Å². The minimum atomic E-state index is -0.634. The summed E-state index contributed by atoms with van der Waals surface area (Å²) in [6, 6.07) is 13.1. The Kier molecular flexibility index (Phi) is 4.71. The molecule has 1 aliphatic heterocycles. The van der Waals surface area contributed by atoms with Crippen LogP contribution in [0, 0.1) is 5.92 Å². The highest BCUT2D eigenvalue weighted by molar-refractivity contribution is 9.10. The summed E-state index contributed by atoms with van der Waals surface area (Å²) in [5, 5.41) is 2.80. The first-order valence-electron chi connectivity index (χ1n) is 7.40. The third-order valence-electron chi connectivity index (χ3n) is 3.84. The van der Waals surface area contributed by atoms with Gasteiger partial charge in [0.05, 0.1) is 17.9 Å². The highest BCUT2D eigenvalue weighted by Gasteiger charge is 2.37. The number of anilines is 1. The molecule has 0 radical (unpaired) electrons. The van der Waals surface area contributed by atoms with Gasteiger partial charge in [0.2, 0.25) is 11.8 Å². The average Bonchev–Trinajstić information content (AvgIpc) is 2.95. The van der Waals surface area contributed by atoms with Crippen LogP contribution in [0.3, 0.4) is 0 Å². The fraction of sp³-hybridized carbons (Fsp3) is 0.235. The van der Waals surface area contributed by atoms with Crippen LogP contribution < -0.4 is 10.2 Å². The molecular weight excluding hydrogens is 358 g/mol. The summed E-state index contributed by atoms with van der Waals surface area (Å²) in [7, 11) is 0. The Hall–Kier alpha value is -2.21. The summed E-state index contributed by atoms with van der Waals surface area (Å²) in [5.41, 5.74) is 1.58. The van der Waals surface area contributed by atoms with Gasteiger partial charge in [0.15, 0.2) is 0 Å². The number of aromatic nitrogens is 1. The molecule has 1 aromatic carbocycles. The number of nitrogens with one attached hydrogen (secondary N) is 1. The van der Waals surface area contributed by atoms with E-state index in [1.807, 2.05) is 42.5 Å². The van der Waals surface area contributed by atoms with Crippen molar-refractivity contribution in [3.63, 3.8) is 0 Å². The van der Waals surface area contributed by atoms with Crippen molar-refractivity contribution in [3.05, 3.63) is 58.8 Å². The second-order valence-corrected chi connectivity index (χ2v) is 6.18. The van der Waals surface area contributed by atoms with Crippen LogP contribution in [0.25, 0.3) is 0 Å². The largest absolute Gasteiger partial charge is 0.350 e. The monoisotopic (exact) mass is 373 g/mol. The lowest BCUT2D eigenvalue weighted by Crippen LogP contribution is -2.36. The predicted octanol–water partition coefficient (Wildman–Crippen LogP) is 2.51. The van der Waals surface area contributed by atoms with Crippen molar-refractivity contribution in [3.8, 4) is 0 Å². The molecule has 1 unspecified atom stereocenters. The van der Waals surface area contributed by atoms with E-state index >= 15 is 0 Å². The normalized spacial score (nSPS) is 17.3. The lowest BCUT2D eigenvalue weighted by atomic mass is 10.1. The predicted molar refractivity (Wildman–Crippen MR) is 90.7 cm³/mol. The first-order valence-corrected chi connectivity index (χ1v) is 8.19. The van der Waals surface area contributed by atoms with Gasteiger partial charge in [-0.05, 0) is 46.6 Å². The molecule has 6 heteroatoms. The number of carbonyl (C=O) groups excluding carboxylic acids is 2. The van der Waals surface area contributed by atoms with Crippen LogP contribution in [0.1, 0.15) is 12.1 Å². The molecule has 1 saturated heterocycles. The van der Waals surface area contributed by atoms with Gasteiger partial charge in [-0.25, -0.2) is 0 Å². The van der Waals surface area contributed by atoms with E-state index in [0.29, 0.717) is 19.5 Å². The van der Waals surface area contributed by atoms with Crippen molar-refractivity contribution in [2.24, 2.45) is 5.92 Å². The van der Waals surface area contributed by atoms with Crippen LogP contribution in [0.5, 0.6) is 0 Å². The van der Waals surface area contributed by atoms with E-state index in [0.717, 1.165) is 15.9 Å². The van der Waals surface area contributed by atoms with Crippen LogP contribution in [0.4, 0.5) is 5.69 Å². The molecule has 23 heavy (non-hydrogen) atoms. The van der Waals surface area contributed by atoms with Crippen LogP contribution in [0.2, 0.25) is 0 Å². The summed E-state index contributed by atoms with van der Waals surface area (Å²) in [4.78, 5) is 30.6. The molecule has 0 bridgehead atoms. The molecule has 2 amide bonds. The summed E-state index contributed by atoms with van der Waals surface area (Å²) in [6.45, 7) is 0.877. The van der Waals surface area contributed by atoms with Crippen LogP contribution in [-0.4, -0.2) is 23.3 Å². The maximum atomic E-state index is 12.5. The molecule has 0 saturated carbocycles. The first kappa shape index (κ1) is 15.7. The number of rotatable bonds is 4. The van der Waals surface area contributed by atoms with Gasteiger partial charge in [-0.3, -0.25) is 14.6 Å². The van der Waals surface area contributed by atoms with Gasteiger partial charge in [0.1, 0.15) is 5.92 Å². The second kappa shape index (κ2) is 6.91. The molecule has 1 fully saturated rings. The minimum absolute atomic E-state index is 0.157. The quantitative estimate of drug-likeness (QED) is 0.837. The van der Waals surface area contributed by atoms with Crippen molar-refractivity contribution in [1.29, 1.82) is 0 Å². The molecule has 2 aromatic rings. The lowest BCUT2D eigenvalue weighted by Gasteiger charge is -2.18. The summed E-state index contributed by atoms with van der Waals surface area (Å²) >= 11 is 3.45. The Morgan fingerprint density at radius 1 is 1.26 bits per heavy atom. The molecule has 118 valence electrons. The molecule has 5 nitrogen and oxygen atoms in total. The molecule has 1 N–H and O–H groups in total. The lowest BCUT2D eigenvalue weighted by molar-refractivity contribution is -0.132. The number of halogens is 1. The number of amides is 2. The Morgan fingerprint density at radius 3 is 2.78 bits per heavy atom. The van der Waals surface area contributed by atoms with Crippen LogP contribution in [-0.2, 0) is 16.1 Å². The average molecular weight is 374 g/mol. The zero-order valence-corrected chi connectivity index (χ0v) is 14.0. The molecule has 2 heterocycles. The van der Waals surface area contributed by atoms with Crippen molar-refractivity contribution >= 4 is 33.4 Å². The standard InChI is InChI=1S/C17H16BrN3O2/c18-14-6-1-2-7-15(14)21-10-8-13(17(21)23)16(22)20-11-12-5-3-4-9-19-12/h1-7,9,13H,8,10-11H2,(H,20,22). The van der Waals surface area contributed by atoms with E-state index < -0.39 is 5.92 Å². The van der Waals surface area contributed by atoms with Gasteiger partial charge >= 0.3 is 0 Å². The molecular formula is C17H16BrN3O2. The van der Waals surface area contributed by atoms with E-state index in [4.69, 9.17) is 0 Å². The van der Waals surface area contributed by atoms with E-state index in [-0.39, 0.29) is 11.8 Å². The Labute approximate surface area is 142 Å². The topological polar surface area (TPSA) is 62.3 Å². The minimum Gasteiger partial charge on any atom is -0.350 e. The third kappa shape index (κ3) is 3.42. The van der Waals surface area contributed by atoms with E-state index in [9.17, 15) is 9.59 Å². The first-order chi connectivity index (χ1) is 11.2. The molecule has 0 spiro atoms. The van der Waals surface area contributed by atoms with Crippen LogP contribution in [0.15, 0.2) is 53.1 Å². The summed E-state index contributed by atoms with van der Waals surface area (Å²) in [5.74, 6) is -1.03. The summed E-state index contributed by atoms with van der Waals surface area (Å²) < 4.78 is 0.850. The molecule has 3 rings (SSSR count). The smallest absolute Gasteiger partial charge is 0.239 e. The zero-order chi connectivity index (χ0) is 16.2. The Morgan fingerprint density at radius 2 is 2.04 bits per heavy atom. The number of hydrogen-bond donors (Lipinski definition) is 1.